The van der Waals surface area contributed by atoms with Gasteiger partial charge in [0.1, 0.15) is 31.2 Å². The molecule has 49 heavy (non-hydrogen) atoms. The van der Waals surface area contributed by atoms with Gasteiger partial charge in [0.2, 0.25) is 11.6 Å². The fraction of sp³-hybridized carbons (Fsp3) is 0.172. The zero-order chi connectivity index (χ0) is 37.0. The van der Waals surface area contributed by atoms with Gasteiger partial charge in [0.25, 0.3) is 30.4 Å². The molecule has 0 saturated heterocycles. The second kappa shape index (κ2) is 13.4. The van der Waals surface area contributed by atoms with E-state index < -0.39 is 78.1 Å². The normalized spacial score (nSPS) is 14.3. The van der Waals surface area contributed by atoms with E-state index in [9.17, 15) is 48.5 Å². The number of Topliss-reactive ketones (excluding diaryl/α,β-unsaturated/α-hetero) is 2. The molecule has 0 radical (unpaired) electrons. The zero-order valence-electron chi connectivity index (χ0n) is 26.1. The first-order valence-electron chi connectivity index (χ1n) is 13.7. The van der Waals surface area contributed by atoms with Crippen molar-refractivity contribution in [2.45, 2.75) is 42.4 Å². The van der Waals surface area contributed by atoms with Crippen LogP contribution in [0.2, 0.25) is 0 Å². The van der Waals surface area contributed by atoms with Crippen LogP contribution in [0.3, 0.4) is 0 Å². The van der Waals surface area contributed by atoms with Crippen LogP contribution in [-0.4, -0.2) is 57.5 Å². The van der Waals surface area contributed by atoms with Gasteiger partial charge < -0.3 is 21.3 Å². The predicted octanol–water partition coefficient (Wildman–Crippen LogP) is 5.02. The molecule has 0 atom stereocenters. The van der Waals surface area contributed by atoms with Gasteiger partial charge in [-0.1, -0.05) is 23.2 Å². The number of ketones is 2. The van der Waals surface area contributed by atoms with Crippen molar-refractivity contribution in [3.63, 3.8) is 0 Å². The van der Waals surface area contributed by atoms with Crippen molar-refractivity contribution in [2.24, 2.45) is 0 Å². The van der Waals surface area contributed by atoms with Crippen molar-refractivity contribution in [1.29, 1.82) is 0 Å². The maximum Gasteiger partial charge on any atom is 0.296 e. The Morgan fingerprint density at radius 1 is 0.571 bits per heavy atom. The zero-order valence-corrected chi connectivity index (χ0v) is 30.0. The fourth-order valence-electron chi connectivity index (χ4n) is 4.88. The minimum absolute atomic E-state index is 0.0383. The molecule has 0 amide bonds. The summed E-state index contributed by atoms with van der Waals surface area (Å²) in [5.74, 6) is -2.02. The van der Waals surface area contributed by atoms with Crippen molar-refractivity contribution >= 4 is 93.6 Å². The van der Waals surface area contributed by atoms with Crippen molar-refractivity contribution in [2.75, 3.05) is 28.3 Å². The quantitative estimate of drug-likeness (QED) is 0.106. The summed E-state index contributed by atoms with van der Waals surface area (Å²) in [6, 6.07) is 6.90. The number of carbonyl (C=O) groups is 2. The van der Waals surface area contributed by atoms with Crippen LogP contribution in [0.5, 0.6) is 0 Å². The minimum atomic E-state index is -4.99. The number of hydrogen-bond acceptors (Lipinski definition) is 12. The van der Waals surface area contributed by atoms with Gasteiger partial charge >= 0.3 is 0 Å². The van der Waals surface area contributed by atoms with Crippen LogP contribution in [-0.2, 0) is 39.9 Å². The average Bonchev–Trinajstić information content (AvgIpc) is 2.97. The van der Waals surface area contributed by atoms with Gasteiger partial charge in [0.15, 0.2) is 0 Å². The van der Waals surface area contributed by atoms with Crippen LogP contribution in [0.15, 0.2) is 72.5 Å². The monoisotopic (exact) mass is 774 g/mol. The van der Waals surface area contributed by atoms with Gasteiger partial charge in [0, 0.05) is 24.1 Å². The van der Waals surface area contributed by atoms with E-state index in [4.69, 9.17) is 23.2 Å². The predicted molar refractivity (Wildman–Crippen MR) is 184 cm³/mol. The number of halogens is 2. The topological polar surface area (TPSA) is 245 Å². The average molecular weight is 776 g/mol. The Labute approximate surface area is 291 Å². The van der Waals surface area contributed by atoms with Crippen LogP contribution in [0.4, 0.5) is 28.4 Å². The van der Waals surface area contributed by atoms with E-state index >= 15 is 0 Å². The number of anilines is 5. The Kier molecular flexibility index (Phi) is 10.3. The Balaban J connectivity index is 1.74. The number of hydrogen-bond donors (Lipinski definition) is 7. The van der Waals surface area contributed by atoms with Crippen molar-refractivity contribution in [3.8, 4) is 0 Å². The van der Waals surface area contributed by atoms with Crippen LogP contribution < -0.4 is 21.3 Å². The molecule has 1 aliphatic rings. The number of benzene rings is 3. The lowest BCUT2D eigenvalue weighted by molar-refractivity contribution is -0.115. The molecule has 20 heteroatoms. The molecule has 3 aromatic carbocycles. The highest BCUT2D eigenvalue weighted by molar-refractivity contribution is 7.86. The van der Waals surface area contributed by atoms with E-state index in [0.717, 1.165) is 18.2 Å². The molecular formula is C29H28Cl2N4O11S3. The van der Waals surface area contributed by atoms with Gasteiger partial charge in [-0.25, -0.2) is 0 Å². The molecule has 0 heterocycles. The van der Waals surface area contributed by atoms with Crippen LogP contribution in [0.1, 0.15) is 22.3 Å². The van der Waals surface area contributed by atoms with Crippen LogP contribution in [0, 0.1) is 27.7 Å². The molecule has 0 spiro atoms. The van der Waals surface area contributed by atoms with E-state index in [1.807, 2.05) is 0 Å². The molecular weight excluding hydrogens is 747 g/mol. The molecule has 0 aromatic heterocycles. The van der Waals surface area contributed by atoms with Crippen LogP contribution in [0.25, 0.3) is 0 Å². The third-order valence-electron chi connectivity index (χ3n) is 7.46. The fourth-order valence-corrected chi connectivity index (χ4v) is 7.38. The third kappa shape index (κ3) is 7.76. The number of nitrogens with one attached hydrogen (secondary N) is 4. The Morgan fingerprint density at radius 2 is 1.12 bits per heavy atom. The molecule has 262 valence electrons. The summed E-state index contributed by atoms with van der Waals surface area (Å²) in [6.45, 7) is 6.17. The molecule has 3 aromatic rings. The summed E-state index contributed by atoms with van der Waals surface area (Å²) in [5.41, 5.74) is 0.259. The molecule has 0 fully saturated rings. The Morgan fingerprint density at radius 3 is 1.63 bits per heavy atom. The summed E-state index contributed by atoms with van der Waals surface area (Å²) in [5, 5.41) is 9.24. The second-order valence-corrected chi connectivity index (χ2v) is 15.8. The first-order valence-corrected chi connectivity index (χ1v) is 18.7. The first kappa shape index (κ1) is 37.8. The van der Waals surface area contributed by atoms with Gasteiger partial charge in [-0.05, 0) is 86.3 Å². The second-order valence-electron chi connectivity index (χ2n) is 10.8. The van der Waals surface area contributed by atoms with E-state index in [-0.39, 0.29) is 34.0 Å². The molecule has 0 aliphatic heterocycles. The number of aryl methyl sites for hydroxylation is 3. The summed E-state index contributed by atoms with van der Waals surface area (Å²) >= 11 is 12.6. The molecule has 1 aliphatic carbocycles. The highest BCUT2D eigenvalue weighted by Gasteiger charge is 2.35. The van der Waals surface area contributed by atoms with Gasteiger partial charge in [-0.2, -0.15) is 25.3 Å². The van der Waals surface area contributed by atoms with Gasteiger partial charge in [-0.3, -0.25) is 23.2 Å². The van der Waals surface area contributed by atoms with Crippen LogP contribution >= 0.6 is 23.2 Å². The molecule has 0 saturated carbocycles. The molecule has 4 rings (SSSR count). The molecule has 0 unspecified atom stereocenters. The molecule has 0 bridgehead atoms. The lowest BCUT2D eigenvalue weighted by atomic mass is 10.0. The Hall–Kier alpha value is -4.01. The third-order valence-corrected chi connectivity index (χ3v) is 10.8. The highest BCUT2D eigenvalue weighted by Crippen LogP contribution is 2.37. The Bertz CT molecular complexity index is 2370. The number of allylic oxidation sites excluding steroid dienone is 2. The summed E-state index contributed by atoms with van der Waals surface area (Å²) < 4.78 is 102. The lowest BCUT2D eigenvalue weighted by Gasteiger charge is -2.22. The van der Waals surface area contributed by atoms with E-state index in [1.54, 1.807) is 13.8 Å². The van der Waals surface area contributed by atoms with Gasteiger partial charge in [-0.15, -0.1) is 0 Å². The standard InChI is InChI=1S/C29H28Cl2N4O11S3/c1-12-7-17(47(38,39)40)10-19(15(12)4)34-20-8-13(2)18(11-21(20)48(41,42)43)35-27-24(31)28(36)26(23(30)29(27)37)33-16-6-14(3)25(32-5)22(9-16)49(44,45)46/h6-11,32-35H,1-5H3,(H,38,39,40)(H,41,42,43)(H,44,45,46). The number of carbonyl (C=O) groups excluding carboxylic acids is 2. The van der Waals surface area contributed by atoms with Crippen molar-refractivity contribution in [1.82, 2.24) is 0 Å². The van der Waals surface area contributed by atoms with Crippen molar-refractivity contribution < 1.29 is 48.5 Å². The molecule has 15 nitrogen and oxygen atoms in total. The van der Waals surface area contributed by atoms with E-state index in [0.29, 0.717) is 16.7 Å². The van der Waals surface area contributed by atoms with Crippen molar-refractivity contribution in [3.05, 3.63) is 80.1 Å². The summed E-state index contributed by atoms with van der Waals surface area (Å²) in [6.07, 6.45) is 0. The maximum absolute atomic E-state index is 13.4. The summed E-state index contributed by atoms with van der Waals surface area (Å²) in [7, 11) is -12.9. The summed E-state index contributed by atoms with van der Waals surface area (Å²) in [4.78, 5) is 25.0. The maximum atomic E-state index is 13.4. The largest absolute Gasteiger partial charge is 0.387 e. The molecule has 7 N–H and O–H groups in total. The highest BCUT2D eigenvalue weighted by atomic mass is 35.5. The van der Waals surface area contributed by atoms with Gasteiger partial charge in [0.05, 0.1) is 16.3 Å². The number of rotatable bonds is 10. The van der Waals surface area contributed by atoms with E-state index in [2.05, 4.69) is 21.3 Å². The smallest absolute Gasteiger partial charge is 0.296 e. The minimum Gasteiger partial charge on any atom is -0.387 e. The van der Waals surface area contributed by atoms with E-state index in [1.165, 1.54) is 39.1 Å². The SMILES string of the molecule is CNc1c(C)cc(NC2=C(Cl)C(=O)C(Nc3cc(S(=O)(=O)O)c(Nc4cc(S(=O)(=O)O)cc(C)c4C)cc3C)=C(Cl)C2=O)cc1S(=O)(=O)O. The lowest BCUT2D eigenvalue weighted by Crippen LogP contribution is -2.27. The first-order chi connectivity index (χ1) is 22.4.